The number of anilines is 2. The molecule has 45 heavy (non-hydrogen) atoms. The predicted octanol–water partition coefficient (Wildman–Crippen LogP) is 6.69. The van der Waals surface area contributed by atoms with E-state index in [1.165, 1.54) is 7.11 Å². The molecular formula is C34H48N4O6S. The van der Waals surface area contributed by atoms with Crippen LogP contribution in [-0.2, 0) is 33.6 Å². The molecule has 1 fully saturated rings. The van der Waals surface area contributed by atoms with Crippen molar-refractivity contribution in [2.75, 3.05) is 36.5 Å². The fourth-order valence-corrected chi connectivity index (χ4v) is 6.46. The summed E-state index contributed by atoms with van der Waals surface area (Å²) in [7, 11) is -0.271. The van der Waals surface area contributed by atoms with Crippen LogP contribution in [-0.4, -0.2) is 61.9 Å². The topological polar surface area (TPSA) is 119 Å². The van der Waals surface area contributed by atoms with Gasteiger partial charge in [-0.1, -0.05) is 39.0 Å². The predicted molar refractivity (Wildman–Crippen MR) is 180 cm³/mol. The first-order valence-electron chi connectivity index (χ1n) is 15.4. The molecule has 11 heteroatoms. The third kappa shape index (κ3) is 8.51. The molecular weight excluding hydrogens is 592 g/mol. The Hall–Kier alpha value is -3.73. The highest BCUT2D eigenvalue weighted by Crippen LogP contribution is 2.39. The zero-order valence-corrected chi connectivity index (χ0v) is 28.9. The molecule has 10 nitrogen and oxygen atoms in total. The Balaban J connectivity index is 1.60. The van der Waals surface area contributed by atoms with Crippen LogP contribution in [0.25, 0.3) is 10.9 Å². The Kier molecular flexibility index (Phi) is 9.82. The summed E-state index contributed by atoms with van der Waals surface area (Å²) in [4.78, 5) is 28.3. The maximum Gasteiger partial charge on any atom is 0.410 e. The average molecular weight is 641 g/mol. The molecule has 1 saturated heterocycles. The van der Waals surface area contributed by atoms with Crippen molar-refractivity contribution in [3.05, 3.63) is 53.2 Å². The number of amides is 2. The van der Waals surface area contributed by atoms with Gasteiger partial charge in [-0.25, -0.2) is 13.2 Å². The van der Waals surface area contributed by atoms with Gasteiger partial charge >= 0.3 is 6.09 Å². The van der Waals surface area contributed by atoms with E-state index < -0.39 is 15.6 Å². The number of aryl methyl sites for hydroxylation is 1. The number of methoxy groups -OCH3 is 1. The first-order chi connectivity index (χ1) is 20.9. The lowest BCUT2D eigenvalue weighted by atomic mass is 9.86. The SMILES string of the molecule is COc1c(NC(=O)c2cc3cccc(CC4CCCN(C(=O)OC(C)(C)C)CC4)c3n2C)cc(C(C)(C)C)cc1NS(C)(=O)=O. The molecule has 1 aliphatic rings. The summed E-state index contributed by atoms with van der Waals surface area (Å²) >= 11 is 0. The second kappa shape index (κ2) is 12.9. The lowest BCUT2D eigenvalue weighted by Gasteiger charge is -2.26. The fourth-order valence-electron chi connectivity index (χ4n) is 5.91. The maximum atomic E-state index is 13.8. The Labute approximate surface area is 267 Å². The first kappa shape index (κ1) is 34.1. The summed E-state index contributed by atoms with van der Waals surface area (Å²) in [5.41, 5.74) is 3.23. The van der Waals surface area contributed by atoms with Crippen molar-refractivity contribution in [1.82, 2.24) is 9.47 Å². The second-order valence-corrected chi connectivity index (χ2v) is 15.8. The summed E-state index contributed by atoms with van der Waals surface area (Å²) in [6.45, 7) is 13.0. The maximum absolute atomic E-state index is 13.8. The van der Waals surface area contributed by atoms with Crippen LogP contribution < -0.4 is 14.8 Å². The number of nitrogens with one attached hydrogen (secondary N) is 2. The lowest BCUT2D eigenvalue weighted by Crippen LogP contribution is -2.37. The second-order valence-electron chi connectivity index (χ2n) is 14.1. The highest BCUT2D eigenvalue weighted by Gasteiger charge is 2.27. The van der Waals surface area contributed by atoms with Gasteiger partial charge in [0.15, 0.2) is 5.75 Å². The van der Waals surface area contributed by atoms with Crippen molar-refractivity contribution in [3.8, 4) is 5.75 Å². The molecule has 2 heterocycles. The first-order valence-corrected chi connectivity index (χ1v) is 17.3. The number of carbonyl (C=O) groups excluding carboxylic acids is 2. The van der Waals surface area contributed by atoms with E-state index in [1.54, 1.807) is 6.07 Å². The van der Waals surface area contributed by atoms with E-state index in [0.717, 1.165) is 54.0 Å². The van der Waals surface area contributed by atoms with Crippen molar-refractivity contribution < 1.29 is 27.5 Å². The Morgan fingerprint density at radius 2 is 1.69 bits per heavy atom. The van der Waals surface area contributed by atoms with Crippen LogP contribution in [0, 0.1) is 5.92 Å². The molecule has 2 amide bonds. The number of carbonyl (C=O) groups is 2. The van der Waals surface area contributed by atoms with Gasteiger partial charge in [0.1, 0.15) is 11.3 Å². The van der Waals surface area contributed by atoms with Crippen LogP contribution in [0.2, 0.25) is 0 Å². The smallest absolute Gasteiger partial charge is 0.410 e. The number of rotatable bonds is 7. The van der Waals surface area contributed by atoms with E-state index >= 15 is 0 Å². The van der Waals surface area contributed by atoms with Crippen molar-refractivity contribution in [2.45, 2.75) is 78.2 Å². The van der Waals surface area contributed by atoms with Gasteiger partial charge in [0.2, 0.25) is 10.0 Å². The van der Waals surface area contributed by atoms with E-state index in [9.17, 15) is 18.0 Å². The van der Waals surface area contributed by atoms with Gasteiger partial charge in [0, 0.05) is 25.5 Å². The average Bonchev–Trinajstić information content (AvgIpc) is 3.07. The van der Waals surface area contributed by atoms with Crippen molar-refractivity contribution >= 4 is 44.3 Å². The van der Waals surface area contributed by atoms with E-state index in [0.29, 0.717) is 30.4 Å². The molecule has 0 spiro atoms. The van der Waals surface area contributed by atoms with Crippen LogP contribution in [0.5, 0.6) is 5.75 Å². The lowest BCUT2D eigenvalue weighted by molar-refractivity contribution is 0.0255. The molecule has 0 aliphatic carbocycles. The number of aromatic nitrogens is 1. The third-order valence-electron chi connectivity index (χ3n) is 8.08. The molecule has 1 atom stereocenters. The number of nitrogens with zero attached hydrogens (tertiary/aromatic N) is 2. The fraction of sp³-hybridized carbons (Fsp3) is 0.529. The Bertz CT molecular complexity index is 1680. The number of fused-ring (bicyclic) bond motifs is 1. The number of benzene rings is 2. The summed E-state index contributed by atoms with van der Waals surface area (Å²) in [5, 5.41) is 3.95. The van der Waals surface area contributed by atoms with Gasteiger partial charge in [-0.2, -0.15) is 0 Å². The molecule has 4 rings (SSSR count). The van der Waals surface area contributed by atoms with E-state index in [2.05, 4.69) is 16.1 Å². The molecule has 2 aromatic carbocycles. The van der Waals surface area contributed by atoms with Crippen LogP contribution >= 0.6 is 0 Å². The highest BCUT2D eigenvalue weighted by molar-refractivity contribution is 7.92. The highest BCUT2D eigenvalue weighted by atomic mass is 32.2. The number of likely N-dealkylation sites (tertiary alicyclic amines) is 1. The summed E-state index contributed by atoms with van der Waals surface area (Å²) in [6.07, 6.45) is 4.44. The molecule has 246 valence electrons. The van der Waals surface area contributed by atoms with Crippen LogP contribution in [0.4, 0.5) is 16.2 Å². The zero-order chi connectivity index (χ0) is 33.3. The van der Waals surface area contributed by atoms with E-state index in [1.807, 2.05) is 82.3 Å². The summed E-state index contributed by atoms with van der Waals surface area (Å²) < 4.78 is 39.9. The number of para-hydroxylation sites is 1. The van der Waals surface area contributed by atoms with Crippen molar-refractivity contribution in [3.63, 3.8) is 0 Å². The Morgan fingerprint density at radius 3 is 2.31 bits per heavy atom. The van der Waals surface area contributed by atoms with Crippen LogP contribution in [0.15, 0.2) is 36.4 Å². The summed E-state index contributed by atoms with van der Waals surface area (Å²) in [5.74, 6) is 0.284. The standard InChI is InChI=1S/C34H48N4O6S/c1-33(2,3)25-20-26(30(43-8)27(21-25)36-45(9,41)42)35-31(39)28-19-24-14-10-13-23(29(24)37(28)7)18-22-12-11-16-38(17-15-22)32(40)44-34(4,5)6/h10,13-14,19-22,36H,11-12,15-18H2,1-9H3,(H,35,39). The van der Waals surface area contributed by atoms with Gasteiger partial charge in [0.05, 0.1) is 30.3 Å². The molecule has 0 saturated carbocycles. The van der Waals surface area contributed by atoms with Crippen molar-refractivity contribution in [1.29, 1.82) is 0 Å². The molecule has 1 unspecified atom stereocenters. The number of hydrogen-bond donors (Lipinski definition) is 2. The third-order valence-corrected chi connectivity index (χ3v) is 8.67. The minimum Gasteiger partial charge on any atom is -0.492 e. The molecule has 0 bridgehead atoms. The number of ether oxygens (including phenoxy) is 2. The van der Waals surface area contributed by atoms with E-state index in [4.69, 9.17) is 9.47 Å². The van der Waals surface area contributed by atoms with Gasteiger partial charge in [-0.15, -0.1) is 0 Å². The quantitative estimate of drug-likeness (QED) is 0.297. The van der Waals surface area contributed by atoms with Crippen LogP contribution in [0.1, 0.15) is 82.4 Å². The minimum atomic E-state index is -3.60. The normalized spacial score (nSPS) is 16.3. The van der Waals surface area contributed by atoms with Gasteiger partial charge in [-0.05, 0) is 87.1 Å². The monoisotopic (exact) mass is 640 g/mol. The minimum absolute atomic E-state index is 0.231. The van der Waals surface area contributed by atoms with Gasteiger partial charge in [-0.3, -0.25) is 9.52 Å². The van der Waals surface area contributed by atoms with Gasteiger partial charge < -0.3 is 24.3 Å². The van der Waals surface area contributed by atoms with Crippen LogP contribution in [0.3, 0.4) is 0 Å². The number of hydrogen-bond acceptors (Lipinski definition) is 6. The Morgan fingerprint density at radius 1 is 1.00 bits per heavy atom. The molecule has 1 aliphatic heterocycles. The summed E-state index contributed by atoms with van der Waals surface area (Å²) in [6, 6.07) is 11.6. The number of sulfonamides is 1. The molecule has 2 N–H and O–H groups in total. The van der Waals surface area contributed by atoms with E-state index in [-0.39, 0.29) is 28.9 Å². The zero-order valence-electron chi connectivity index (χ0n) is 28.0. The molecule has 0 radical (unpaired) electrons. The molecule has 1 aromatic heterocycles. The van der Waals surface area contributed by atoms with Crippen molar-refractivity contribution in [2.24, 2.45) is 13.0 Å². The molecule has 3 aromatic rings. The van der Waals surface area contributed by atoms with Gasteiger partial charge in [0.25, 0.3) is 5.91 Å². The largest absolute Gasteiger partial charge is 0.492 e.